The Kier molecular flexibility index (Phi) is 5.19. The molecule has 0 aliphatic carbocycles. The SMILES string of the molecule is C1=Cc2oc3ccccc3c2C(c2nc(-c3ccccc3)nc(-c3ccc4c(ccc5c6ccccc6ccc45)c3)n2)[N-]1. The molecular weight excluding hydrogens is 528 g/mol. The summed E-state index contributed by atoms with van der Waals surface area (Å²) in [5.41, 5.74) is 3.66. The molecule has 0 fully saturated rings. The van der Waals surface area contributed by atoms with E-state index in [0.29, 0.717) is 17.5 Å². The predicted molar refractivity (Wildman–Crippen MR) is 174 cm³/mol. The molecule has 1 aliphatic rings. The number of hydrogen-bond donors (Lipinski definition) is 0. The van der Waals surface area contributed by atoms with Crippen LogP contribution in [0.2, 0.25) is 0 Å². The lowest BCUT2D eigenvalue weighted by atomic mass is 9.96. The molecule has 1 aliphatic heterocycles. The Morgan fingerprint density at radius 3 is 2.07 bits per heavy atom. The van der Waals surface area contributed by atoms with Crippen LogP contribution in [0.5, 0.6) is 0 Å². The van der Waals surface area contributed by atoms with Crippen molar-refractivity contribution in [3.8, 4) is 22.8 Å². The van der Waals surface area contributed by atoms with Gasteiger partial charge in [-0.25, -0.2) is 15.0 Å². The summed E-state index contributed by atoms with van der Waals surface area (Å²) in [6.07, 6.45) is 3.69. The highest BCUT2D eigenvalue weighted by molar-refractivity contribution is 6.17. The first-order chi connectivity index (χ1) is 21.3. The van der Waals surface area contributed by atoms with E-state index in [9.17, 15) is 0 Å². The van der Waals surface area contributed by atoms with Crippen LogP contribution in [-0.2, 0) is 0 Å². The van der Waals surface area contributed by atoms with Crippen LogP contribution in [0.1, 0.15) is 23.2 Å². The van der Waals surface area contributed by atoms with Crippen LogP contribution in [0, 0.1) is 0 Å². The van der Waals surface area contributed by atoms with Gasteiger partial charge in [-0.15, -0.1) is 0 Å². The van der Waals surface area contributed by atoms with Crippen molar-refractivity contribution in [2.24, 2.45) is 0 Å². The third kappa shape index (κ3) is 3.82. The summed E-state index contributed by atoms with van der Waals surface area (Å²) < 4.78 is 6.16. The van der Waals surface area contributed by atoms with E-state index in [0.717, 1.165) is 38.8 Å². The monoisotopic (exact) mass is 551 g/mol. The lowest BCUT2D eigenvalue weighted by Gasteiger charge is -2.31. The Labute approximate surface area is 247 Å². The molecule has 0 saturated heterocycles. The van der Waals surface area contributed by atoms with E-state index < -0.39 is 6.04 Å². The van der Waals surface area contributed by atoms with E-state index in [1.54, 1.807) is 6.20 Å². The molecule has 2 aromatic heterocycles. The summed E-state index contributed by atoms with van der Waals surface area (Å²) in [5.74, 6) is 2.61. The second-order valence-electron chi connectivity index (χ2n) is 10.8. The Hall–Kier alpha value is -5.81. The molecule has 5 heteroatoms. The second-order valence-corrected chi connectivity index (χ2v) is 10.8. The van der Waals surface area contributed by atoms with E-state index in [-0.39, 0.29) is 0 Å². The highest BCUT2D eigenvalue weighted by atomic mass is 16.3. The molecule has 3 heterocycles. The van der Waals surface area contributed by atoms with E-state index in [1.807, 2.05) is 54.6 Å². The van der Waals surface area contributed by atoms with Crippen LogP contribution in [0.15, 0.2) is 132 Å². The van der Waals surface area contributed by atoms with E-state index >= 15 is 0 Å². The Morgan fingerprint density at radius 1 is 0.535 bits per heavy atom. The van der Waals surface area contributed by atoms with Crippen molar-refractivity contribution in [1.82, 2.24) is 15.0 Å². The molecule has 43 heavy (non-hydrogen) atoms. The first kappa shape index (κ1) is 23.9. The number of furan rings is 1. The topological polar surface area (TPSA) is 65.9 Å². The Bertz CT molecular complexity index is 2390. The molecule has 1 unspecified atom stereocenters. The zero-order chi connectivity index (χ0) is 28.3. The van der Waals surface area contributed by atoms with E-state index in [1.165, 1.54) is 26.9 Å². The van der Waals surface area contributed by atoms with Crippen molar-refractivity contribution in [3.05, 3.63) is 150 Å². The highest BCUT2D eigenvalue weighted by Crippen LogP contribution is 2.42. The van der Waals surface area contributed by atoms with Gasteiger partial charge in [0.05, 0.1) is 0 Å². The largest absolute Gasteiger partial charge is 0.678 e. The van der Waals surface area contributed by atoms with Gasteiger partial charge in [-0.1, -0.05) is 109 Å². The number of benzene rings is 6. The molecule has 0 spiro atoms. The third-order valence-corrected chi connectivity index (χ3v) is 8.33. The maximum absolute atomic E-state index is 6.16. The van der Waals surface area contributed by atoms with Crippen LogP contribution in [0.3, 0.4) is 0 Å². The molecule has 5 nitrogen and oxygen atoms in total. The smallest absolute Gasteiger partial charge is 0.163 e. The number of fused-ring (bicyclic) bond motifs is 8. The summed E-state index contributed by atoms with van der Waals surface area (Å²) >= 11 is 0. The van der Waals surface area contributed by atoms with Gasteiger partial charge in [0.25, 0.3) is 0 Å². The summed E-state index contributed by atoms with van der Waals surface area (Å²) in [5, 5.41) is 13.2. The molecule has 8 aromatic rings. The molecular formula is C38H23N4O-. The van der Waals surface area contributed by atoms with Crippen LogP contribution >= 0.6 is 0 Å². The maximum atomic E-state index is 6.16. The summed E-state index contributed by atoms with van der Waals surface area (Å²) in [6.45, 7) is 0. The molecule has 1 atom stereocenters. The minimum Gasteiger partial charge on any atom is -0.678 e. The summed E-state index contributed by atoms with van der Waals surface area (Å²) in [6, 6.07) is 41.5. The fraction of sp³-hybridized carbons (Fsp3) is 0.0263. The standard InChI is InChI=1S/C38H23N4O/c1-2-9-24(10-3-1)36-40-37(42-38(41-36)35-34-31-12-6-7-13-32(31)43-33(34)20-21-39-35)26-16-17-28-25(22-26)15-19-29-27-11-5-4-8-23(27)14-18-30(28)29/h1-22,35H/q-1. The average Bonchev–Trinajstić information content (AvgIpc) is 3.47. The van der Waals surface area contributed by atoms with Gasteiger partial charge in [0, 0.05) is 16.5 Å². The van der Waals surface area contributed by atoms with Gasteiger partial charge >= 0.3 is 0 Å². The lowest BCUT2D eigenvalue weighted by molar-refractivity contribution is 0.594. The number of nitrogens with zero attached hydrogens (tertiary/aromatic N) is 4. The fourth-order valence-corrected chi connectivity index (χ4v) is 6.29. The zero-order valence-corrected chi connectivity index (χ0v) is 23.0. The van der Waals surface area contributed by atoms with Crippen molar-refractivity contribution >= 4 is 49.4 Å². The summed E-state index contributed by atoms with van der Waals surface area (Å²) in [4.78, 5) is 15.0. The van der Waals surface area contributed by atoms with Crippen molar-refractivity contribution in [2.75, 3.05) is 0 Å². The molecule has 0 bridgehead atoms. The molecule has 0 N–H and O–H groups in total. The number of rotatable bonds is 3. The van der Waals surface area contributed by atoms with E-state index in [2.05, 4.69) is 72.8 Å². The number of aromatic nitrogens is 3. The van der Waals surface area contributed by atoms with Crippen LogP contribution in [-0.4, -0.2) is 15.0 Å². The number of hydrogen-bond acceptors (Lipinski definition) is 4. The average molecular weight is 552 g/mol. The Balaban J connectivity index is 1.23. The Morgan fingerprint density at radius 2 is 1.21 bits per heavy atom. The van der Waals surface area contributed by atoms with Crippen molar-refractivity contribution in [3.63, 3.8) is 0 Å². The van der Waals surface area contributed by atoms with Gasteiger partial charge in [0.1, 0.15) is 17.2 Å². The normalized spacial score (nSPS) is 14.4. The van der Waals surface area contributed by atoms with Gasteiger partial charge in [0.2, 0.25) is 0 Å². The van der Waals surface area contributed by atoms with Gasteiger partial charge in [-0.2, -0.15) is 6.20 Å². The highest BCUT2D eigenvalue weighted by Gasteiger charge is 2.23. The van der Waals surface area contributed by atoms with Crippen molar-refractivity contribution in [2.45, 2.75) is 6.04 Å². The first-order valence-electron chi connectivity index (χ1n) is 14.3. The second kappa shape index (κ2) is 9.36. The molecule has 0 radical (unpaired) electrons. The minimum atomic E-state index is -0.412. The van der Waals surface area contributed by atoms with Gasteiger partial charge in [-0.05, 0) is 62.1 Å². The first-order valence-corrected chi connectivity index (χ1v) is 14.3. The van der Waals surface area contributed by atoms with Crippen LogP contribution < -0.4 is 0 Å². The van der Waals surface area contributed by atoms with E-state index in [4.69, 9.17) is 24.7 Å². The molecule has 0 saturated carbocycles. The van der Waals surface area contributed by atoms with Crippen molar-refractivity contribution < 1.29 is 4.42 Å². The minimum absolute atomic E-state index is 0.412. The third-order valence-electron chi connectivity index (χ3n) is 8.33. The molecule has 6 aromatic carbocycles. The number of para-hydroxylation sites is 1. The lowest BCUT2D eigenvalue weighted by Crippen LogP contribution is -2.10. The van der Waals surface area contributed by atoms with Gasteiger partial charge in [0.15, 0.2) is 11.6 Å². The van der Waals surface area contributed by atoms with Crippen LogP contribution in [0.25, 0.3) is 77.5 Å². The predicted octanol–water partition coefficient (Wildman–Crippen LogP) is 9.86. The molecule has 0 amide bonds. The van der Waals surface area contributed by atoms with Crippen LogP contribution in [0.4, 0.5) is 0 Å². The van der Waals surface area contributed by atoms with Gasteiger partial charge < -0.3 is 9.73 Å². The zero-order valence-electron chi connectivity index (χ0n) is 23.0. The maximum Gasteiger partial charge on any atom is 0.163 e. The fourth-order valence-electron chi connectivity index (χ4n) is 6.29. The van der Waals surface area contributed by atoms with Crippen molar-refractivity contribution in [1.29, 1.82) is 0 Å². The van der Waals surface area contributed by atoms with Gasteiger partial charge in [-0.3, -0.25) is 0 Å². The quantitative estimate of drug-likeness (QED) is 0.205. The molecule has 9 rings (SSSR count). The molecule has 202 valence electrons. The summed E-state index contributed by atoms with van der Waals surface area (Å²) in [7, 11) is 0.